The van der Waals surface area contributed by atoms with Crippen molar-refractivity contribution in [1.29, 1.82) is 0 Å². The zero-order valence-corrected chi connectivity index (χ0v) is 17.5. The third kappa shape index (κ3) is 19.6. The summed E-state index contributed by atoms with van der Waals surface area (Å²) in [6.45, 7) is 13.9. The molecule has 0 N–H and O–H groups in total. The molecule has 0 unspecified atom stereocenters. The molecule has 0 rings (SSSR count). The molecule has 0 heterocycles. The average Bonchev–Trinajstić information content (AvgIpc) is 2.63. The molecule has 0 aromatic heterocycles. The van der Waals surface area contributed by atoms with Crippen LogP contribution in [0, 0.1) is 0 Å². The summed E-state index contributed by atoms with van der Waals surface area (Å²) in [5, 5.41) is 0. The topological polar surface area (TPSA) is 3.24 Å². The SMILES string of the molecule is C=CCCCCCCN(CCCCCCC=C)CCCCCCCC. The fourth-order valence-corrected chi connectivity index (χ4v) is 3.41. The van der Waals surface area contributed by atoms with E-state index < -0.39 is 0 Å². The lowest BCUT2D eigenvalue weighted by molar-refractivity contribution is 0.254. The predicted octanol–water partition coefficient (Wildman–Crippen LogP) is 7.92. The molecule has 0 fully saturated rings. The standard InChI is InChI=1S/C24H47N/c1-4-7-10-13-16-19-22-25(23-20-17-14-11-8-5-2)24-21-18-15-12-9-6-3/h4-5H,1-2,6-24H2,3H3. The van der Waals surface area contributed by atoms with Gasteiger partial charge >= 0.3 is 0 Å². The molecule has 0 aliphatic carbocycles. The summed E-state index contributed by atoms with van der Waals surface area (Å²) in [6, 6.07) is 0. The van der Waals surface area contributed by atoms with Crippen LogP contribution in [0.5, 0.6) is 0 Å². The van der Waals surface area contributed by atoms with E-state index in [0.717, 1.165) is 0 Å². The van der Waals surface area contributed by atoms with Crippen LogP contribution in [0.15, 0.2) is 25.3 Å². The maximum absolute atomic E-state index is 3.81. The molecule has 0 spiro atoms. The van der Waals surface area contributed by atoms with Crippen LogP contribution in [0.3, 0.4) is 0 Å². The van der Waals surface area contributed by atoms with E-state index in [0.29, 0.717) is 0 Å². The zero-order chi connectivity index (χ0) is 18.4. The van der Waals surface area contributed by atoms with E-state index in [4.69, 9.17) is 0 Å². The normalized spacial score (nSPS) is 11.1. The lowest BCUT2D eigenvalue weighted by Gasteiger charge is -2.22. The number of hydrogen-bond donors (Lipinski definition) is 0. The van der Waals surface area contributed by atoms with Crippen molar-refractivity contribution in [2.45, 2.75) is 110 Å². The molecular weight excluding hydrogens is 302 g/mol. The highest BCUT2D eigenvalue weighted by atomic mass is 15.1. The maximum atomic E-state index is 3.81. The van der Waals surface area contributed by atoms with Gasteiger partial charge in [0, 0.05) is 0 Å². The van der Waals surface area contributed by atoms with Crippen molar-refractivity contribution in [3.63, 3.8) is 0 Å². The van der Waals surface area contributed by atoms with Crippen molar-refractivity contribution in [3.05, 3.63) is 25.3 Å². The van der Waals surface area contributed by atoms with Crippen LogP contribution in [0.2, 0.25) is 0 Å². The molecule has 0 atom stereocenters. The third-order valence-electron chi connectivity index (χ3n) is 5.09. The summed E-state index contributed by atoms with van der Waals surface area (Å²) in [5.74, 6) is 0. The molecular formula is C24H47N. The van der Waals surface area contributed by atoms with E-state index in [9.17, 15) is 0 Å². The summed E-state index contributed by atoms with van der Waals surface area (Å²) < 4.78 is 0. The monoisotopic (exact) mass is 349 g/mol. The van der Waals surface area contributed by atoms with Gasteiger partial charge in [0.1, 0.15) is 0 Å². The summed E-state index contributed by atoms with van der Waals surface area (Å²) >= 11 is 0. The molecule has 0 aromatic rings. The van der Waals surface area contributed by atoms with Gasteiger partial charge in [0.05, 0.1) is 0 Å². The Hall–Kier alpha value is -0.560. The van der Waals surface area contributed by atoms with Crippen molar-refractivity contribution in [2.75, 3.05) is 19.6 Å². The highest BCUT2D eigenvalue weighted by Crippen LogP contribution is 2.10. The molecule has 1 nitrogen and oxygen atoms in total. The van der Waals surface area contributed by atoms with Gasteiger partial charge in [0.2, 0.25) is 0 Å². The molecule has 0 aliphatic heterocycles. The van der Waals surface area contributed by atoms with Gasteiger partial charge in [0.15, 0.2) is 0 Å². The Balaban J connectivity index is 3.79. The third-order valence-corrected chi connectivity index (χ3v) is 5.09. The van der Waals surface area contributed by atoms with Crippen molar-refractivity contribution < 1.29 is 0 Å². The first-order valence-electron chi connectivity index (χ1n) is 11.3. The predicted molar refractivity (Wildman–Crippen MR) is 116 cm³/mol. The van der Waals surface area contributed by atoms with Crippen LogP contribution in [-0.2, 0) is 0 Å². The maximum Gasteiger partial charge on any atom is -0.00187 e. The van der Waals surface area contributed by atoms with E-state index >= 15 is 0 Å². The first-order valence-corrected chi connectivity index (χ1v) is 11.3. The van der Waals surface area contributed by atoms with E-state index in [1.807, 2.05) is 0 Å². The van der Waals surface area contributed by atoms with E-state index in [-0.39, 0.29) is 0 Å². The second-order valence-corrected chi connectivity index (χ2v) is 7.59. The number of unbranched alkanes of at least 4 members (excludes halogenated alkanes) is 13. The molecule has 0 bridgehead atoms. The van der Waals surface area contributed by atoms with Crippen LogP contribution in [0.4, 0.5) is 0 Å². The van der Waals surface area contributed by atoms with Gasteiger partial charge in [-0.3, -0.25) is 0 Å². The Kier molecular flexibility index (Phi) is 21.0. The lowest BCUT2D eigenvalue weighted by atomic mass is 10.1. The zero-order valence-electron chi connectivity index (χ0n) is 17.5. The largest absolute Gasteiger partial charge is 0.303 e. The van der Waals surface area contributed by atoms with Gasteiger partial charge < -0.3 is 4.90 Å². The average molecular weight is 350 g/mol. The van der Waals surface area contributed by atoms with Crippen molar-refractivity contribution in [2.24, 2.45) is 0 Å². The van der Waals surface area contributed by atoms with Crippen LogP contribution in [-0.4, -0.2) is 24.5 Å². The lowest BCUT2D eigenvalue weighted by Crippen LogP contribution is -2.27. The molecule has 0 amide bonds. The second-order valence-electron chi connectivity index (χ2n) is 7.59. The second kappa shape index (κ2) is 21.5. The van der Waals surface area contributed by atoms with Gasteiger partial charge in [-0.1, -0.05) is 76.9 Å². The van der Waals surface area contributed by atoms with Crippen molar-refractivity contribution >= 4 is 0 Å². The van der Waals surface area contributed by atoms with Crippen LogP contribution in [0.25, 0.3) is 0 Å². The molecule has 0 radical (unpaired) electrons. The highest BCUT2D eigenvalue weighted by molar-refractivity contribution is 4.67. The summed E-state index contributed by atoms with van der Waals surface area (Å²) in [5.41, 5.74) is 0. The van der Waals surface area contributed by atoms with Gasteiger partial charge in [-0.25, -0.2) is 0 Å². The Morgan fingerprint density at radius 3 is 1.28 bits per heavy atom. The fourth-order valence-electron chi connectivity index (χ4n) is 3.41. The first-order chi connectivity index (χ1) is 12.3. The summed E-state index contributed by atoms with van der Waals surface area (Å²) in [4.78, 5) is 2.75. The Morgan fingerprint density at radius 1 is 0.520 bits per heavy atom. The molecule has 0 aliphatic rings. The smallest absolute Gasteiger partial charge is 0.00187 e. The van der Waals surface area contributed by atoms with Crippen LogP contribution >= 0.6 is 0 Å². The molecule has 148 valence electrons. The number of allylic oxidation sites excluding steroid dienone is 2. The fraction of sp³-hybridized carbons (Fsp3) is 0.833. The van der Waals surface area contributed by atoms with Gasteiger partial charge in [-0.05, 0) is 64.6 Å². The van der Waals surface area contributed by atoms with E-state index in [1.165, 1.54) is 122 Å². The molecule has 0 saturated carbocycles. The van der Waals surface area contributed by atoms with Gasteiger partial charge in [0.25, 0.3) is 0 Å². The molecule has 0 aromatic carbocycles. The Bertz CT molecular complexity index is 251. The minimum Gasteiger partial charge on any atom is -0.303 e. The Morgan fingerprint density at radius 2 is 0.880 bits per heavy atom. The molecule has 25 heavy (non-hydrogen) atoms. The van der Waals surface area contributed by atoms with Crippen LogP contribution in [0.1, 0.15) is 110 Å². The number of rotatable bonds is 21. The van der Waals surface area contributed by atoms with E-state index in [2.05, 4.69) is 37.1 Å². The minimum absolute atomic E-state index is 1.19. The van der Waals surface area contributed by atoms with E-state index in [1.54, 1.807) is 0 Å². The van der Waals surface area contributed by atoms with Crippen LogP contribution < -0.4 is 0 Å². The summed E-state index contributed by atoms with van der Waals surface area (Å²) in [7, 11) is 0. The highest BCUT2D eigenvalue weighted by Gasteiger charge is 2.04. The minimum atomic E-state index is 1.19. The molecule has 0 saturated heterocycles. The molecule has 1 heteroatoms. The van der Waals surface area contributed by atoms with Crippen molar-refractivity contribution in [1.82, 2.24) is 4.90 Å². The number of nitrogens with zero attached hydrogens (tertiary/aromatic N) is 1. The quantitative estimate of drug-likeness (QED) is 0.150. The summed E-state index contributed by atoms with van der Waals surface area (Å²) in [6.07, 6.45) is 25.9. The van der Waals surface area contributed by atoms with Crippen molar-refractivity contribution in [3.8, 4) is 0 Å². The van der Waals surface area contributed by atoms with Gasteiger partial charge in [-0.2, -0.15) is 0 Å². The Labute approximate surface area is 160 Å². The number of hydrogen-bond acceptors (Lipinski definition) is 1. The first kappa shape index (κ1) is 24.4. The van der Waals surface area contributed by atoms with Gasteiger partial charge in [-0.15, -0.1) is 13.2 Å².